The Hall–Kier alpha value is -1.88. The number of pyridine rings is 2. The molecule has 0 saturated heterocycles. The molecule has 0 atom stereocenters. The van der Waals surface area contributed by atoms with E-state index in [9.17, 15) is 9.59 Å². The standard InChI is InChI=1S/C14H15ClN2O3/c1-4-17-12-9(7-6-8(3)16-12)11(15)10(13(17)18)14(19)20-5-2/h6-7H,4-5H2,1-3H3. The number of carbonyl (C=O) groups is 1. The fourth-order valence-electron chi connectivity index (χ4n) is 2.05. The fourth-order valence-corrected chi connectivity index (χ4v) is 2.36. The van der Waals surface area contributed by atoms with Gasteiger partial charge in [-0.3, -0.25) is 9.36 Å². The average Bonchev–Trinajstić information content (AvgIpc) is 2.39. The topological polar surface area (TPSA) is 61.2 Å². The van der Waals surface area contributed by atoms with Gasteiger partial charge >= 0.3 is 5.97 Å². The summed E-state index contributed by atoms with van der Waals surface area (Å²) in [5.74, 6) is -0.702. The Morgan fingerprint density at radius 1 is 1.40 bits per heavy atom. The predicted octanol–water partition coefficient (Wildman–Crippen LogP) is 2.55. The number of esters is 1. The number of halogens is 1. The number of hydrogen-bond acceptors (Lipinski definition) is 4. The van der Waals surface area contributed by atoms with Crippen molar-refractivity contribution in [2.24, 2.45) is 0 Å². The largest absolute Gasteiger partial charge is 0.462 e. The zero-order valence-electron chi connectivity index (χ0n) is 11.6. The molecular formula is C14H15ClN2O3. The molecule has 0 N–H and O–H groups in total. The van der Waals surface area contributed by atoms with Crippen LogP contribution in [0.1, 0.15) is 29.9 Å². The third-order valence-corrected chi connectivity index (χ3v) is 3.37. The number of hydrogen-bond donors (Lipinski definition) is 0. The summed E-state index contributed by atoms with van der Waals surface area (Å²) in [6.07, 6.45) is 0. The van der Waals surface area contributed by atoms with Crippen molar-refractivity contribution in [3.05, 3.63) is 38.8 Å². The third-order valence-electron chi connectivity index (χ3n) is 2.98. The van der Waals surface area contributed by atoms with Crippen LogP contribution in [-0.2, 0) is 11.3 Å². The quantitative estimate of drug-likeness (QED) is 0.816. The highest BCUT2D eigenvalue weighted by molar-refractivity contribution is 6.38. The lowest BCUT2D eigenvalue weighted by Crippen LogP contribution is -2.28. The number of ether oxygens (including phenoxy) is 1. The van der Waals surface area contributed by atoms with Crippen molar-refractivity contribution in [3.63, 3.8) is 0 Å². The van der Waals surface area contributed by atoms with Crippen LogP contribution in [0.4, 0.5) is 0 Å². The number of fused-ring (bicyclic) bond motifs is 1. The van der Waals surface area contributed by atoms with Crippen LogP contribution < -0.4 is 5.56 Å². The Balaban J connectivity index is 2.88. The number of aromatic nitrogens is 2. The molecule has 2 heterocycles. The highest BCUT2D eigenvalue weighted by Gasteiger charge is 2.22. The molecule has 0 aliphatic carbocycles. The van der Waals surface area contributed by atoms with Gasteiger partial charge in [-0.25, -0.2) is 9.78 Å². The van der Waals surface area contributed by atoms with E-state index in [-0.39, 0.29) is 17.2 Å². The Bertz CT molecular complexity index is 737. The first-order valence-electron chi connectivity index (χ1n) is 6.38. The second kappa shape index (κ2) is 5.63. The smallest absolute Gasteiger partial charge is 0.345 e. The highest BCUT2D eigenvalue weighted by atomic mass is 35.5. The summed E-state index contributed by atoms with van der Waals surface area (Å²) in [4.78, 5) is 28.7. The molecule has 2 rings (SSSR count). The second-order valence-electron chi connectivity index (χ2n) is 4.28. The van der Waals surface area contributed by atoms with Crippen LogP contribution in [0, 0.1) is 6.92 Å². The molecule has 2 aromatic heterocycles. The van der Waals surface area contributed by atoms with Crippen LogP contribution >= 0.6 is 11.6 Å². The fraction of sp³-hybridized carbons (Fsp3) is 0.357. The lowest BCUT2D eigenvalue weighted by atomic mass is 10.2. The molecule has 0 saturated carbocycles. The van der Waals surface area contributed by atoms with Gasteiger partial charge in [0.25, 0.3) is 5.56 Å². The number of carbonyl (C=O) groups excluding carboxylic acids is 1. The summed E-state index contributed by atoms with van der Waals surface area (Å²) in [6, 6.07) is 3.54. The Labute approximate surface area is 121 Å². The molecule has 0 aliphatic rings. The van der Waals surface area contributed by atoms with E-state index in [1.165, 1.54) is 4.57 Å². The van der Waals surface area contributed by atoms with Crippen molar-refractivity contribution < 1.29 is 9.53 Å². The van der Waals surface area contributed by atoms with Gasteiger partial charge in [0.15, 0.2) is 0 Å². The van der Waals surface area contributed by atoms with Crippen molar-refractivity contribution in [3.8, 4) is 0 Å². The molecule has 0 radical (unpaired) electrons. The van der Waals surface area contributed by atoms with Gasteiger partial charge in [0.1, 0.15) is 11.2 Å². The van der Waals surface area contributed by atoms with E-state index in [1.807, 2.05) is 13.8 Å². The van der Waals surface area contributed by atoms with Crippen molar-refractivity contribution in [2.75, 3.05) is 6.61 Å². The molecule has 20 heavy (non-hydrogen) atoms. The predicted molar refractivity (Wildman–Crippen MR) is 77.4 cm³/mol. The first-order valence-corrected chi connectivity index (χ1v) is 6.75. The zero-order chi connectivity index (χ0) is 14.9. The first-order chi connectivity index (χ1) is 9.51. The van der Waals surface area contributed by atoms with Gasteiger partial charge < -0.3 is 4.74 Å². The van der Waals surface area contributed by atoms with E-state index >= 15 is 0 Å². The van der Waals surface area contributed by atoms with Crippen molar-refractivity contribution in [2.45, 2.75) is 27.3 Å². The highest BCUT2D eigenvalue weighted by Crippen LogP contribution is 2.24. The van der Waals surface area contributed by atoms with E-state index < -0.39 is 11.5 Å². The molecule has 0 amide bonds. The minimum absolute atomic E-state index is 0.0978. The maximum absolute atomic E-state index is 12.4. The normalized spacial score (nSPS) is 10.8. The molecule has 0 spiro atoms. The number of nitrogens with zero attached hydrogens (tertiary/aromatic N) is 2. The molecular weight excluding hydrogens is 280 g/mol. The molecule has 0 fully saturated rings. The minimum atomic E-state index is -0.702. The lowest BCUT2D eigenvalue weighted by Gasteiger charge is -2.12. The maximum atomic E-state index is 12.4. The molecule has 0 aliphatic heterocycles. The van der Waals surface area contributed by atoms with Gasteiger partial charge in [-0.2, -0.15) is 0 Å². The molecule has 0 bridgehead atoms. The van der Waals surface area contributed by atoms with Crippen molar-refractivity contribution in [1.29, 1.82) is 0 Å². The van der Waals surface area contributed by atoms with Gasteiger partial charge in [0.05, 0.1) is 11.6 Å². The van der Waals surface area contributed by atoms with Crippen LogP contribution in [0.5, 0.6) is 0 Å². The summed E-state index contributed by atoms with van der Waals surface area (Å²) in [7, 11) is 0. The van der Waals surface area contributed by atoms with Crippen molar-refractivity contribution in [1.82, 2.24) is 9.55 Å². The number of rotatable bonds is 3. The lowest BCUT2D eigenvalue weighted by molar-refractivity contribution is 0.0524. The zero-order valence-corrected chi connectivity index (χ0v) is 12.3. The van der Waals surface area contributed by atoms with Gasteiger partial charge in [0, 0.05) is 17.6 Å². The van der Waals surface area contributed by atoms with Crippen LogP contribution in [0.2, 0.25) is 5.02 Å². The molecule has 106 valence electrons. The van der Waals surface area contributed by atoms with Gasteiger partial charge in [-0.1, -0.05) is 11.6 Å². The summed E-state index contributed by atoms with van der Waals surface area (Å²) in [5.41, 5.74) is 0.657. The molecule has 2 aromatic rings. The van der Waals surface area contributed by atoms with Gasteiger partial charge in [-0.15, -0.1) is 0 Å². The molecule has 0 unspecified atom stereocenters. The summed E-state index contributed by atoms with van der Waals surface area (Å²) >= 11 is 6.20. The summed E-state index contributed by atoms with van der Waals surface area (Å²) in [6.45, 7) is 5.90. The third kappa shape index (κ3) is 2.29. The van der Waals surface area contributed by atoms with Crippen LogP contribution in [0.25, 0.3) is 11.0 Å². The van der Waals surface area contributed by atoms with E-state index in [1.54, 1.807) is 19.1 Å². The summed E-state index contributed by atoms with van der Waals surface area (Å²) in [5, 5.41) is 0.669. The van der Waals surface area contributed by atoms with Gasteiger partial charge in [-0.05, 0) is 32.9 Å². The van der Waals surface area contributed by atoms with Crippen LogP contribution in [-0.4, -0.2) is 22.1 Å². The Morgan fingerprint density at radius 2 is 2.10 bits per heavy atom. The van der Waals surface area contributed by atoms with Crippen LogP contribution in [0.15, 0.2) is 16.9 Å². The van der Waals surface area contributed by atoms with E-state index in [4.69, 9.17) is 16.3 Å². The first kappa shape index (κ1) is 14.5. The van der Waals surface area contributed by atoms with E-state index in [0.717, 1.165) is 5.69 Å². The average molecular weight is 295 g/mol. The second-order valence-corrected chi connectivity index (χ2v) is 4.66. The summed E-state index contributed by atoms with van der Waals surface area (Å²) < 4.78 is 6.34. The van der Waals surface area contributed by atoms with Crippen LogP contribution in [0.3, 0.4) is 0 Å². The maximum Gasteiger partial charge on any atom is 0.345 e. The van der Waals surface area contributed by atoms with Gasteiger partial charge in [0.2, 0.25) is 0 Å². The monoisotopic (exact) mass is 294 g/mol. The minimum Gasteiger partial charge on any atom is -0.462 e. The molecule has 6 heteroatoms. The van der Waals surface area contributed by atoms with E-state index in [0.29, 0.717) is 17.6 Å². The molecule has 0 aromatic carbocycles. The SMILES string of the molecule is CCOC(=O)c1c(Cl)c2ccc(C)nc2n(CC)c1=O. The number of aryl methyl sites for hydroxylation is 2. The van der Waals surface area contributed by atoms with Crippen molar-refractivity contribution >= 4 is 28.6 Å². The Kier molecular flexibility index (Phi) is 4.09. The molecule has 5 nitrogen and oxygen atoms in total. The van der Waals surface area contributed by atoms with E-state index in [2.05, 4.69) is 4.98 Å². The Morgan fingerprint density at radius 3 is 2.70 bits per heavy atom.